The molecule has 2 aromatic carbocycles. The van der Waals surface area contributed by atoms with Crippen LogP contribution in [0.25, 0.3) is 10.9 Å². The molecule has 8 heteroatoms. The van der Waals surface area contributed by atoms with Gasteiger partial charge in [-0.05, 0) is 70.3 Å². The van der Waals surface area contributed by atoms with Gasteiger partial charge < -0.3 is 4.98 Å². The molecular weight excluding hydrogens is 492 g/mol. The van der Waals surface area contributed by atoms with Crippen LogP contribution in [0.5, 0.6) is 0 Å². The fourth-order valence-electron chi connectivity index (χ4n) is 5.66. The number of tetrazole rings is 1. The minimum Gasteiger partial charge on any atom is -0.322 e. The highest BCUT2D eigenvalue weighted by Crippen LogP contribution is 2.35. The minimum atomic E-state index is -0.413. The number of pyridine rings is 1. The second kappa shape index (κ2) is 11.0. The van der Waals surface area contributed by atoms with Crippen molar-refractivity contribution in [3.63, 3.8) is 0 Å². The molecule has 1 atom stereocenters. The SMILES string of the molecule is Cc1ccc2cc([C@@H](c3nnnn3C3CCCCC3)N(Cc3ccccc3)Cc3cccs3)c(=O)[nH]c2c1. The second-order valence-corrected chi connectivity index (χ2v) is 11.3. The summed E-state index contributed by atoms with van der Waals surface area (Å²) in [6.45, 7) is 3.38. The Morgan fingerprint density at radius 1 is 1.03 bits per heavy atom. The number of aryl methyl sites for hydroxylation is 1. The van der Waals surface area contributed by atoms with Gasteiger partial charge in [0.2, 0.25) is 0 Å². The average molecular weight is 525 g/mol. The van der Waals surface area contributed by atoms with E-state index in [2.05, 4.69) is 79.3 Å². The summed E-state index contributed by atoms with van der Waals surface area (Å²) in [4.78, 5) is 20.5. The molecule has 1 fully saturated rings. The Morgan fingerprint density at radius 3 is 2.66 bits per heavy atom. The normalized spacial score (nSPS) is 15.3. The Hall–Kier alpha value is -3.62. The maximum absolute atomic E-state index is 13.8. The van der Waals surface area contributed by atoms with Crippen LogP contribution >= 0.6 is 11.3 Å². The summed E-state index contributed by atoms with van der Waals surface area (Å²) in [6, 6.07) is 22.7. The molecule has 194 valence electrons. The molecule has 3 aromatic heterocycles. The van der Waals surface area contributed by atoms with Crippen LogP contribution in [0.15, 0.2) is 76.9 Å². The number of nitrogens with zero attached hydrogens (tertiary/aromatic N) is 5. The van der Waals surface area contributed by atoms with E-state index in [-0.39, 0.29) is 11.6 Å². The quantitative estimate of drug-likeness (QED) is 0.262. The van der Waals surface area contributed by atoms with Crippen LogP contribution in [0.1, 0.15) is 71.6 Å². The van der Waals surface area contributed by atoms with Crippen LogP contribution < -0.4 is 5.56 Å². The average Bonchev–Trinajstić information content (AvgIpc) is 3.63. The van der Waals surface area contributed by atoms with E-state index in [0.717, 1.165) is 35.1 Å². The molecular formula is C30H32N6OS. The van der Waals surface area contributed by atoms with Crippen molar-refractivity contribution < 1.29 is 0 Å². The van der Waals surface area contributed by atoms with Crippen molar-refractivity contribution in [2.75, 3.05) is 0 Å². The van der Waals surface area contributed by atoms with E-state index >= 15 is 0 Å². The van der Waals surface area contributed by atoms with Crippen molar-refractivity contribution in [2.24, 2.45) is 0 Å². The predicted octanol–water partition coefficient (Wildman–Crippen LogP) is 6.18. The number of nitrogens with one attached hydrogen (secondary N) is 1. The summed E-state index contributed by atoms with van der Waals surface area (Å²) in [5.41, 5.74) is 3.70. The van der Waals surface area contributed by atoms with Gasteiger partial charge in [-0.15, -0.1) is 16.4 Å². The maximum atomic E-state index is 13.8. The third-order valence-electron chi connectivity index (χ3n) is 7.54. The molecule has 1 saturated carbocycles. The van der Waals surface area contributed by atoms with Gasteiger partial charge in [0.15, 0.2) is 5.82 Å². The van der Waals surface area contributed by atoms with Crippen LogP contribution in [0.3, 0.4) is 0 Å². The molecule has 7 nitrogen and oxygen atoms in total. The fraction of sp³-hybridized carbons (Fsp3) is 0.333. The highest BCUT2D eigenvalue weighted by atomic mass is 32.1. The number of hydrogen-bond donors (Lipinski definition) is 1. The van der Waals surface area contributed by atoms with E-state index in [1.165, 1.54) is 29.7 Å². The van der Waals surface area contributed by atoms with Gasteiger partial charge in [0.1, 0.15) is 6.04 Å². The third kappa shape index (κ3) is 5.19. The standard InChI is InChI=1S/C30H32N6OS/c1-21-14-15-23-18-26(30(37)31-27(23)17-21)28(29-32-33-34-36(29)24-11-6-3-7-12-24)35(20-25-13-8-16-38-25)19-22-9-4-2-5-10-22/h2,4-5,8-10,13-18,24,28H,3,6-7,11-12,19-20H2,1H3,(H,31,37)/t28-/m0/s1. The van der Waals surface area contributed by atoms with Crippen LogP contribution in [0.2, 0.25) is 0 Å². The zero-order valence-electron chi connectivity index (χ0n) is 21.6. The van der Waals surface area contributed by atoms with E-state index in [0.29, 0.717) is 18.7 Å². The Bertz CT molecular complexity index is 1550. The van der Waals surface area contributed by atoms with E-state index in [4.69, 9.17) is 0 Å². The molecule has 5 aromatic rings. The van der Waals surface area contributed by atoms with Crippen LogP contribution in [0, 0.1) is 6.92 Å². The van der Waals surface area contributed by atoms with Crippen molar-refractivity contribution in [3.8, 4) is 0 Å². The van der Waals surface area contributed by atoms with Gasteiger partial charge in [-0.1, -0.05) is 67.8 Å². The largest absolute Gasteiger partial charge is 0.322 e. The molecule has 0 radical (unpaired) electrons. The zero-order valence-corrected chi connectivity index (χ0v) is 22.4. The second-order valence-electron chi connectivity index (χ2n) is 10.3. The Morgan fingerprint density at radius 2 is 1.87 bits per heavy atom. The van der Waals surface area contributed by atoms with Gasteiger partial charge in [-0.25, -0.2) is 4.68 Å². The Kier molecular flexibility index (Phi) is 7.16. The van der Waals surface area contributed by atoms with E-state index in [9.17, 15) is 4.79 Å². The first-order valence-electron chi connectivity index (χ1n) is 13.4. The third-order valence-corrected chi connectivity index (χ3v) is 8.40. The number of thiophene rings is 1. The van der Waals surface area contributed by atoms with E-state index in [1.807, 2.05) is 29.8 Å². The number of aromatic amines is 1. The van der Waals surface area contributed by atoms with Gasteiger partial charge >= 0.3 is 0 Å². The summed E-state index contributed by atoms with van der Waals surface area (Å²) in [5, 5.41) is 16.4. The highest BCUT2D eigenvalue weighted by molar-refractivity contribution is 7.09. The number of hydrogen-bond acceptors (Lipinski definition) is 6. The minimum absolute atomic E-state index is 0.101. The number of rotatable bonds is 8. The molecule has 1 N–H and O–H groups in total. The lowest BCUT2D eigenvalue weighted by molar-refractivity contribution is 0.188. The maximum Gasteiger partial charge on any atom is 0.253 e. The monoisotopic (exact) mass is 524 g/mol. The lowest BCUT2D eigenvalue weighted by Gasteiger charge is -2.32. The molecule has 6 rings (SSSR count). The van der Waals surface area contributed by atoms with Gasteiger partial charge in [0.25, 0.3) is 5.56 Å². The first-order chi connectivity index (χ1) is 18.7. The molecule has 0 amide bonds. The molecule has 38 heavy (non-hydrogen) atoms. The van der Waals surface area contributed by atoms with Crippen LogP contribution in [-0.4, -0.2) is 30.1 Å². The number of aromatic nitrogens is 5. The van der Waals surface area contributed by atoms with E-state index < -0.39 is 6.04 Å². The first kappa shape index (κ1) is 24.7. The van der Waals surface area contributed by atoms with Crippen molar-refractivity contribution in [2.45, 2.75) is 64.2 Å². The smallest absolute Gasteiger partial charge is 0.253 e. The molecule has 3 heterocycles. The molecule has 0 spiro atoms. The van der Waals surface area contributed by atoms with Gasteiger partial charge in [0.05, 0.1) is 6.04 Å². The number of H-pyrrole nitrogens is 1. The highest BCUT2D eigenvalue weighted by Gasteiger charge is 2.33. The first-order valence-corrected chi connectivity index (χ1v) is 14.3. The van der Waals surface area contributed by atoms with Crippen LogP contribution in [-0.2, 0) is 13.1 Å². The molecule has 0 bridgehead atoms. The molecule has 1 aliphatic rings. The Labute approximate surface area is 226 Å². The zero-order chi connectivity index (χ0) is 25.9. The topological polar surface area (TPSA) is 79.7 Å². The summed E-state index contributed by atoms with van der Waals surface area (Å²) in [5.74, 6) is 0.737. The summed E-state index contributed by atoms with van der Waals surface area (Å²) in [7, 11) is 0. The van der Waals surface area contributed by atoms with Gasteiger partial charge in [0, 0.05) is 29.0 Å². The van der Waals surface area contributed by atoms with Gasteiger partial charge in [-0.2, -0.15) is 0 Å². The van der Waals surface area contributed by atoms with Crippen molar-refractivity contribution >= 4 is 22.2 Å². The lowest BCUT2D eigenvalue weighted by atomic mass is 9.95. The number of benzene rings is 2. The summed E-state index contributed by atoms with van der Waals surface area (Å²) in [6.07, 6.45) is 5.71. The van der Waals surface area contributed by atoms with Crippen molar-refractivity contribution in [1.82, 2.24) is 30.1 Å². The Balaban J connectivity index is 1.52. The summed E-state index contributed by atoms with van der Waals surface area (Å²) < 4.78 is 2.01. The predicted molar refractivity (Wildman–Crippen MR) is 151 cm³/mol. The molecule has 0 saturated heterocycles. The van der Waals surface area contributed by atoms with Crippen molar-refractivity contribution in [1.29, 1.82) is 0 Å². The van der Waals surface area contributed by atoms with E-state index in [1.54, 1.807) is 11.3 Å². The number of fused-ring (bicyclic) bond motifs is 1. The molecule has 1 aliphatic carbocycles. The lowest BCUT2D eigenvalue weighted by Crippen LogP contribution is -2.35. The van der Waals surface area contributed by atoms with Crippen LogP contribution in [0.4, 0.5) is 0 Å². The molecule has 0 aliphatic heterocycles. The summed E-state index contributed by atoms with van der Waals surface area (Å²) >= 11 is 1.73. The van der Waals surface area contributed by atoms with Crippen molar-refractivity contribution in [3.05, 3.63) is 110 Å². The molecule has 0 unspecified atom stereocenters. The van der Waals surface area contributed by atoms with Gasteiger partial charge in [-0.3, -0.25) is 9.69 Å². The fourth-order valence-corrected chi connectivity index (χ4v) is 6.39.